The molecule has 0 bridgehead atoms. The Morgan fingerprint density at radius 1 is 1.61 bits per heavy atom. The normalized spacial score (nSPS) is 19.4. The first-order chi connectivity index (χ1) is 8.66. The highest BCUT2D eigenvalue weighted by Crippen LogP contribution is 2.33. The van der Waals surface area contributed by atoms with Gasteiger partial charge in [0.05, 0.1) is 5.52 Å². The van der Waals surface area contributed by atoms with Gasteiger partial charge in [0, 0.05) is 23.6 Å². The van der Waals surface area contributed by atoms with Crippen molar-refractivity contribution in [2.45, 2.75) is 12.3 Å². The summed E-state index contributed by atoms with van der Waals surface area (Å²) < 4.78 is 1.86. The van der Waals surface area contributed by atoms with Crippen molar-refractivity contribution in [1.82, 2.24) is 9.38 Å². The van der Waals surface area contributed by atoms with E-state index >= 15 is 0 Å². The van der Waals surface area contributed by atoms with Crippen LogP contribution < -0.4 is 5.73 Å². The minimum atomic E-state index is -1.00. The predicted octanol–water partition coefficient (Wildman–Crippen LogP) is 1.84. The van der Waals surface area contributed by atoms with Crippen LogP contribution in [0.3, 0.4) is 0 Å². The number of hydrogen-bond acceptors (Lipinski definition) is 4. The highest BCUT2D eigenvalue weighted by molar-refractivity contribution is 7.99. The Morgan fingerprint density at radius 2 is 2.44 bits per heavy atom. The topological polar surface area (TPSA) is 80.6 Å². The number of nitrogens with zero attached hydrogens (tertiary/aromatic N) is 2. The van der Waals surface area contributed by atoms with Gasteiger partial charge in [0.25, 0.3) is 0 Å². The van der Waals surface area contributed by atoms with Gasteiger partial charge in [-0.15, -0.1) is 0 Å². The van der Waals surface area contributed by atoms with Crippen LogP contribution in [0.5, 0.6) is 0 Å². The summed E-state index contributed by atoms with van der Waals surface area (Å²) in [6, 6.07) is 3.44. The summed E-state index contributed by atoms with van der Waals surface area (Å²) in [4.78, 5) is 15.5. The highest BCUT2D eigenvalue weighted by atomic mass is 32.2. The van der Waals surface area contributed by atoms with Crippen molar-refractivity contribution in [2.75, 3.05) is 17.2 Å². The molecule has 2 aromatic rings. The lowest BCUT2D eigenvalue weighted by atomic mass is 10.1. The van der Waals surface area contributed by atoms with Crippen molar-refractivity contribution >= 4 is 28.9 Å². The molecule has 6 heteroatoms. The Labute approximate surface area is 108 Å². The second kappa shape index (κ2) is 4.20. The van der Waals surface area contributed by atoms with Crippen LogP contribution in [0.15, 0.2) is 18.3 Å². The zero-order valence-electron chi connectivity index (χ0n) is 9.67. The molecule has 1 aliphatic heterocycles. The second-order valence-corrected chi connectivity index (χ2v) is 5.55. The lowest BCUT2D eigenvalue weighted by Gasteiger charge is -2.06. The fourth-order valence-electron chi connectivity index (χ4n) is 2.31. The van der Waals surface area contributed by atoms with E-state index in [9.17, 15) is 9.90 Å². The van der Waals surface area contributed by atoms with E-state index in [0.717, 1.165) is 23.8 Å². The quantitative estimate of drug-likeness (QED) is 0.864. The molecule has 2 aromatic heterocycles. The van der Waals surface area contributed by atoms with Gasteiger partial charge >= 0.3 is 5.97 Å². The number of aromatic nitrogens is 2. The zero-order chi connectivity index (χ0) is 12.7. The first kappa shape index (κ1) is 11.4. The molecule has 0 saturated carbocycles. The number of fused-ring (bicyclic) bond motifs is 1. The molecular weight excluding hydrogens is 250 g/mol. The second-order valence-electron chi connectivity index (χ2n) is 4.40. The van der Waals surface area contributed by atoms with Crippen LogP contribution in [0.4, 0.5) is 5.69 Å². The largest absolute Gasteiger partial charge is 0.476 e. The van der Waals surface area contributed by atoms with E-state index in [4.69, 9.17) is 5.73 Å². The lowest BCUT2D eigenvalue weighted by molar-refractivity contribution is 0.0693. The third-order valence-electron chi connectivity index (χ3n) is 3.19. The Kier molecular flexibility index (Phi) is 2.66. The third kappa shape index (κ3) is 1.73. The number of pyridine rings is 1. The van der Waals surface area contributed by atoms with E-state index in [0.29, 0.717) is 17.1 Å². The number of carbonyl (C=O) groups is 1. The summed E-state index contributed by atoms with van der Waals surface area (Å²) in [6.45, 7) is 0. The molecule has 94 valence electrons. The van der Waals surface area contributed by atoms with Gasteiger partial charge in [-0.1, -0.05) is 0 Å². The molecule has 1 unspecified atom stereocenters. The van der Waals surface area contributed by atoms with Crippen LogP contribution in [0, 0.1) is 0 Å². The number of anilines is 1. The SMILES string of the molecule is Nc1ccn2c(C3CCSC3)nc(C(=O)O)c2c1. The summed E-state index contributed by atoms with van der Waals surface area (Å²) in [5.41, 5.74) is 6.94. The Bertz CT molecular complexity index is 617. The number of carboxylic acid groups (broad SMARTS) is 1. The number of nitrogen functional groups attached to an aromatic ring is 1. The molecule has 0 spiro atoms. The number of rotatable bonds is 2. The third-order valence-corrected chi connectivity index (χ3v) is 4.35. The number of carboxylic acids is 1. The van der Waals surface area contributed by atoms with Gasteiger partial charge in [-0.05, 0) is 24.3 Å². The molecule has 3 rings (SSSR count). The van der Waals surface area contributed by atoms with Crippen molar-refractivity contribution < 1.29 is 9.90 Å². The van der Waals surface area contributed by atoms with E-state index in [1.54, 1.807) is 12.1 Å². The molecule has 1 aliphatic rings. The predicted molar refractivity (Wildman–Crippen MR) is 71.2 cm³/mol. The Hall–Kier alpha value is -1.69. The molecule has 0 aromatic carbocycles. The van der Waals surface area contributed by atoms with Crippen LogP contribution in [-0.4, -0.2) is 32.0 Å². The summed E-state index contributed by atoms with van der Waals surface area (Å²) >= 11 is 1.88. The minimum absolute atomic E-state index is 0.0919. The van der Waals surface area contributed by atoms with E-state index in [-0.39, 0.29) is 5.69 Å². The summed E-state index contributed by atoms with van der Waals surface area (Å²) in [7, 11) is 0. The first-order valence-electron chi connectivity index (χ1n) is 5.75. The number of thioether (sulfide) groups is 1. The molecule has 3 N–H and O–H groups in total. The summed E-state index contributed by atoms with van der Waals surface area (Å²) in [5.74, 6) is 2.28. The van der Waals surface area contributed by atoms with Gasteiger partial charge in [-0.3, -0.25) is 0 Å². The fourth-order valence-corrected chi connectivity index (χ4v) is 3.53. The number of hydrogen-bond donors (Lipinski definition) is 2. The maximum atomic E-state index is 11.2. The van der Waals surface area contributed by atoms with E-state index in [2.05, 4.69) is 4.98 Å². The number of nitrogens with two attached hydrogens (primary N) is 1. The molecule has 0 amide bonds. The van der Waals surface area contributed by atoms with Crippen LogP contribution >= 0.6 is 11.8 Å². The maximum absolute atomic E-state index is 11.2. The van der Waals surface area contributed by atoms with E-state index < -0.39 is 5.97 Å². The average molecular weight is 263 g/mol. The minimum Gasteiger partial charge on any atom is -0.476 e. The number of aromatic carboxylic acids is 1. The maximum Gasteiger partial charge on any atom is 0.356 e. The van der Waals surface area contributed by atoms with Gasteiger partial charge in [0.1, 0.15) is 5.82 Å². The number of imidazole rings is 1. The van der Waals surface area contributed by atoms with Crippen molar-refractivity contribution in [2.24, 2.45) is 0 Å². The highest BCUT2D eigenvalue weighted by Gasteiger charge is 2.25. The fraction of sp³-hybridized carbons (Fsp3) is 0.333. The summed E-state index contributed by atoms with van der Waals surface area (Å²) in [6.07, 6.45) is 2.86. The summed E-state index contributed by atoms with van der Waals surface area (Å²) in [5, 5.41) is 9.21. The van der Waals surface area contributed by atoms with Gasteiger partial charge in [0.2, 0.25) is 0 Å². The van der Waals surface area contributed by atoms with Gasteiger partial charge in [0.15, 0.2) is 5.69 Å². The van der Waals surface area contributed by atoms with Gasteiger partial charge < -0.3 is 15.2 Å². The van der Waals surface area contributed by atoms with Crippen molar-refractivity contribution in [3.63, 3.8) is 0 Å². The molecule has 0 radical (unpaired) electrons. The first-order valence-corrected chi connectivity index (χ1v) is 6.91. The zero-order valence-corrected chi connectivity index (χ0v) is 10.5. The van der Waals surface area contributed by atoms with Crippen LogP contribution in [0.25, 0.3) is 5.52 Å². The average Bonchev–Trinajstić information content (AvgIpc) is 2.93. The van der Waals surface area contributed by atoms with Gasteiger partial charge in [-0.2, -0.15) is 11.8 Å². The molecular formula is C12H13N3O2S. The molecule has 0 aliphatic carbocycles. The molecule has 1 fully saturated rings. The monoisotopic (exact) mass is 263 g/mol. The van der Waals surface area contributed by atoms with Crippen LogP contribution in [-0.2, 0) is 0 Å². The molecule has 1 atom stereocenters. The molecule has 18 heavy (non-hydrogen) atoms. The molecule has 1 saturated heterocycles. The Balaban J connectivity index is 2.22. The van der Waals surface area contributed by atoms with Crippen LogP contribution in [0.2, 0.25) is 0 Å². The lowest BCUT2D eigenvalue weighted by Crippen LogP contribution is -2.03. The standard InChI is InChI=1S/C12H13N3O2S/c13-8-1-3-15-9(5-8)10(12(16)17)14-11(15)7-2-4-18-6-7/h1,3,5,7H,2,4,6,13H2,(H,16,17). The van der Waals surface area contributed by atoms with E-state index in [1.165, 1.54) is 0 Å². The van der Waals surface area contributed by atoms with E-state index in [1.807, 2.05) is 22.4 Å². The van der Waals surface area contributed by atoms with Crippen molar-refractivity contribution in [3.8, 4) is 0 Å². The van der Waals surface area contributed by atoms with Crippen LogP contribution in [0.1, 0.15) is 28.7 Å². The van der Waals surface area contributed by atoms with Crippen molar-refractivity contribution in [1.29, 1.82) is 0 Å². The smallest absolute Gasteiger partial charge is 0.356 e. The van der Waals surface area contributed by atoms with Gasteiger partial charge in [-0.25, -0.2) is 9.78 Å². The molecule has 3 heterocycles. The Morgan fingerprint density at radius 3 is 3.11 bits per heavy atom. The molecule has 5 nitrogen and oxygen atoms in total. The van der Waals surface area contributed by atoms with Crippen molar-refractivity contribution in [3.05, 3.63) is 29.8 Å².